The lowest BCUT2D eigenvalue weighted by atomic mass is 10.0. The Morgan fingerprint density at radius 2 is 1.52 bits per heavy atom. The summed E-state index contributed by atoms with van der Waals surface area (Å²) < 4.78 is 27.2. The van der Waals surface area contributed by atoms with E-state index in [1.165, 1.54) is 4.90 Å². The Labute approximate surface area is 243 Å². The molecule has 0 aliphatic carbocycles. The fourth-order valence-electron chi connectivity index (χ4n) is 4.58. The van der Waals surface area contributed by atoms with Crippen LogP contribution < -0.4 is 9.62 Å². The molecular formula is C31H38ClN3O4S. The van der Waals surface area contributed by atoms with Crippen LogP contribution in [0.4, 0.5) is 5.69 Å². The van der Waals surface area contributed by atoms with Crippen LogP contribution in [0.25, 0.3) is 0 Å². The number of benzene rings is 3. The summed E-state index contributed by atoms with van der Waals surface area (Å²) >= 11 is 6.50. The molecule has 0 saturated heterocycles. The van der Waals surface area contributed by atoms with Gasteiger partial charge >= 0.3 is 0 Å². The monoisotopic (exact) mass is 583 g/mol. The van der Waals surface area contributed by atoms with Crippen molar-refractivity contribution in [1.29, 1.82) is 0 Å². The van der Waals surface area contributed by atoms with Crippen molar-refractivity contribution in [2.45, 2.75) is 59.2 Å². The zero-order valence-electron chi connectivity index (χ0n) is 23.7. The summed E-state index contributed by atoms with van der Waals surface area (Å²) in [6, 6.07) is 21.0. The first-order chi connectivity index (χ1) is 18.9. The smallest absolute Gasteiger partial charge is 0.244 e. The van der Waals surface area contributed by atoms with Gasteiger partial charge in [-0.25, -0.2) is 8.42 Å². The van der Waals surface area contributed by atoms with Gasteiger partial charge in [0.2, 0.25) is 21.8 Å². The summed E-state index contributed by atoms with van der Waals surface area (Å²) in [5.74, 6) is -0.815. The predicted octanol–water partition coefficient (Wildman–Crippen LogP) is 5.28. The van der Waals surface area contributed by atoms with Crippen LogP contribution in [-0.4, -0.2) is 50.0 Å². The molecule has 0 aliphatic heterocycles. The van der Waals surface area contributed by atoms with Gasteiger partial charge in [0.1, 0.15) is 12.6 Å². The van der Waals surface area contributed by atoms with Crippen molar-refractivity contribution in [2.75, 3.05) is 17.1 Å². The lowest BCUT2D eigenvalue weighted by Gasteiger charge is -2.34. The lowest BCUT2D eigenvalue weighted by molar-refractivity contribution is -0.140. The molecular weight excluding hydrogens is 546 g/mol. The number of nitrogens with one attached hydrogen (secondary N) is 1. The van der Waals surface area contributed by atoms with Gasteiger partial charge < -0.3 is 10.2 Å². The van der Waals surface area contributed by atoms with Gasteiger partial charge in [0.15, 0.2) is 0 Å². The molecule has 0 fully saturated rings. The van der Waals surface area contributed by atoms with Crippen LogP contribution in [0, 0.1) is 13.8 Å². The van der Waals surface area contributed by atoms with Gasteiger partial charge in [0.05, 0.1) is 11.9 Å². The summed E-state index contributed by atoms with van der Waals surface area (Å²) in [6.45, 7) is 7.07. The van der Waals surface area contributed by atoms with Crippen molar-refractivity contribution >= 4 is 39.1 Å². The van der Waals surface area contributed by atoms with Gasteiger partial charge in [-0.1, -0.05) is 85.3 Å². The Morgan fingerprint density at radius 3 is 2.10 bits per heavy atom. The van der Waals surface area contributed by atoms with E-state index in [1.807, 2.05) is 82.3 Å². The second-order valence-corrected chi connectivity index (χ2v) is 12.5. The standard InChI is InChI=1S/C31H38ClN3O4S/c1-6-24(4)33-31(37)28(19-25-15-8-7-9-16-25)34(20-26-17-10-11-18-27(26)32)29(36)21-35(40(5,38)39)30-22(2)13-12-14-23(30)3/h7-18,24,28H,6,19-21H2,1-5H3,(H,33,37)/t24-,28+/m1/s1. The molecule has 0 radical (unpaired) electrons. The van der Waals surface area contributed by atoms with Crippen molar-refractivity contribution < 1.29 is 18.0 Å². The minimum atomic E-state index is -3.84. The van der Waals surface area contributed by atoms with Crippen LogP contribution in [0.5, 0.6) is 0 Å². The number of aryl methyl sites for hydroxylation is 2. The van der Waals surface area contributed by atoms with Crippen LogP contribution >= 0.6 is 11.6 Å². The van der Waals surface area contributed by atoms with Gasteiger partial charge in [-0.3, -0.25) is 13.9 Å². The molecule has 1 N–H and O–H groups in total. The molecule has 40 heavy (non-hydrogen) atoms. The molecule has 214 valence electrons. The predicted molar refractivity (Wildman–Crippen MR) is 162 cm³/mol. The molecule has 3 aromatic carbocycles. The van der Waals surface area contributed by atoms with Crippen molar-refractivity contribution in [1.82, 2.24) is 10.2 Å². The second kappa shape index (κ2) is 13.8. The maximum Gasteiger partial charge on any atom is 0.244 e. The molecule has 7 nitrogen and oxygen atoms in total. The number of carbonyl (C=O) groups is 2. The molecule has 0 unspecified atom stereocenters. The minimum Gasteiger partial charge on any atom is -0.352 e. The number of halogens is 1. The highest BCUT2D eigenvalue weighted by atomic mass is 35.5. The number of amides is 2. The van der Waals surface area contributed by atoms with Crippen molar-refractivity contribution in [3.8, 4) is 0 Å². The normalized spacial score (nSPS) is 12.8. The Bertz CT molecular complexity index is 1410. The van der Waals surface area contributed by atoms with Gasteiger partial charge in [-0.15, -0.1) is 0 Å². The molecule has 0 bridgehead atoms. The summed E-state index contributed by atoms with van der Waals surface area (Å²) in [5.41, 5.74) is 3.44. The molecule has 0 aromatic heterocycles. The Kier molecular flexibility index (Phi) is 10.8. The molecule has 2 atom stereocenters. The lowest BCUT2D eigenvalue weighted by Crippen LogP contribution is -2.54. The van der Waals surface area contributed by atoms with Crippen LogP contribution in [-0.2, 0) is 32.6 Å². The Morgan fingerprint density at radius 1 is 0.925 bits per heavy atom. The number of nitrogens with zero attached hydrogens (tertiary/aromatic N) is 2. The Hall–Kier alpha value is -3.36. The summed E-state index contributed by atoms with van der Waals surface area (Å²) in [7, 11) is -3.84. The van der Waals surface area contributed by atoms with Crippen LogP contribution in [0.15, 0.2) is 72.8 Å². The largest absolute Gasteiger partial charge is 0.352 e. The fourth-order valence-corrected chi connectivity index (χ4v) is 5.74. The molecule has 9 heteroatoms. The van der Waals surface area contributed by atoms with E-state index in [-0.39, 0.29) is 24.9 Å². The molecule has 3 aromatic rings. The molecule has 2 amide bonds. The van der Waals surface area contributed by atoms with Gasteiger partial charge in [0, 0.05) is 24.0 Å². The number of anilines is 1. The van der Waals surface area contributed by atoms with Crippen LogP contribution in [0.1, 0.15) is 42.5 Å². The first-order valence-corrected chi connectivity index (χ1v) is 15.6. The van der Waals surface area contributed by atoms with Crippen LogP contribution in [0.2, 0.25) is 5.02 Å². The summed E-state index contributed by atoms with van der Waals surface area (Å²) in [4.78, 5) is 29.4. The number of sulfonamides is 1. The van der Waals surface area contributed by atoms with Crippen molar-refractivity contribution in [3.63, 3.8) is 0 Å². The molecule has 0 heterocycles. The number of carbonyl (C=O) groups excluding carboxylic acids is 2. The molecule has 0 aliphatic rings. The molecule has 3 rings (SSSR count). The van der Waals surface area contributed by atoms with Gasteiger partial charge in [-0.2, -0.15) is 0 Å². The first kappa shape index (κ1) is 31.2. The summed E-state index contributed by atoms with van der Waals surface area (Å²) in [5, 5.41) is 3.48. The number of hydrogen-bond donors (Lipinski definition) is 1. The van der Waals surface area contributed by atoms with Gasteiger partial charge in [0.25, 0.3) is 0 Å². The highest BCUT2D eigenvalue weighted by molar-refractivity contribution is 7.92. The SMILES string of the molecule is CC[C@@H](C)NC(=O)[C@H](Cc1ccccc1)N(Cc1ccccc1Cl)C(=O)CN(c1c(C)cccc1C)S(C)(=O)=O. The highest BCUT2D eigenvalue weighted by Crippen LogP contribution is 2.28. The van der Waals surface area contributed by atoms with E-state index in [4.69, 9.17) is 11.6 Å². The summed E-state index contributed by atoms with van der Waals surface area (Å²) in [6.07, 6.45) is 2.06. The van der Waals surface area contributed by atoms with Crippen molar-refractivity contribution in [2.24, 2.45) is 0 Å². The van der Waals surface area contributed by atoms with E-state index in [0.717, 1.165) is 33.7 Å². The molecule has 0 saturated carbocycles. The average Bonchev–Trinajstić information content (AvgIpc) is 2.90. The zero-order chi connectivity index (χ0) is 29.4. The zero-order valence-corrected chi connectivity index (χ0v) is 25.3. The molecule has 0 spiro atoms. The third-order valence-corrected chi connectivity index (χ3v) is 8.42. The van der Waals surface area contributed by atoms with Crippen molar-refractivity contribution in [3.05, 3.63) is 100 Å². The first-order valence-electron chi connectivity index (χ1n) is 13.3. The van der Waals surface area contributed by atoms with E-state index >= 15 is 0 Å². The maximum atomic E-state index is 14.2. The highest BCUT2D eigenvalue weighted by Gasteiger charge is 2.34. The van der Waals surface area contributed by atoms with E-state index in [2.05, 4.69) is 5.32 Å². The quantitative estimate of drug-likeness (QED) is 0.314. The van der Waals surface area contributed by atoms with E-state index in [0.29, 0.717) is 16.3 Å². The van der Waals surface area contributed by atoms with E-state index in [1.54, 1.807) is 18.2 Å². The third-order valence-electron chi connectivity index (χ3n) is 6.94. The Balaban J connectivity index is 2.11. The third kappa shape index (κ3) is 8.08. The number of hydrogen-bond acceptors (Lipinski definition) is 4. The maximum absolute atomic E-state index is 14.2. The van der Waals surface area contributed by atoms with E-state index in [9.17, 15) is 18.0 Å². The minimum absolute atomic E-state index is 0.0360. The van der Waals surface area contributed by atoms with Gasteiger partial charge in [-0.05, 0) is 55.5 Å². The topological polar surface area (TPSA) is 86.8 Å². The van der Waals surface area contributed by atoms with E-state index < -0.39 is 28.5 Å². The number of rotatable bonds is 12. The number of para-hydroxylation sites is 1. The van der Waals surface area contributed by atoms with Crippen LogP contribution in [0.3, 0.4) is 0 Å². The average molecular weight is 584 g/mol. The fraction of sp³-hybridized carbons (Fsp3) is 0.355. The second-order valence-electron chi connectivity index (χ2n) is 10.1.